The molecule has 0 aromatic rings. The molecule has 0 spiro atoms. The predicted molar refractivity (Wildman–Crippen MR) is 67.8 cm³/mol. The second-order valence-electron chi connectivity index (χ2n) is 6.78. The first-order valence-electron chi connectivity index (χ1n) is 6.48. The third kappa shape index (κ3) is 2.22. The van der Waals surface area contributed by atoms with Gasteiger partial charge in [0.05, 0.1) is 0 Å². The molecule has 0 bridgehead atoms. The molecular weight excluding hydrogens is 182 g/mol. The molecule has 15 heavy (non-hydrogen) atoms. The van der Waals surface area contributed by atoms with E-state index in [0.717, 1.165) is 0 Å². The molecule has 2 atom stereocenters. The molecule has 90 valence electrons. The zero-order chi connectivity index (χ0) is 11.9. The average molecular weight is 211 g/mol. The molecule has 0 aromatic carbocycles. The lowest BCUT2D eigenvalue weighted by Crippen LogP contribution is -2.57. The largest absolute Gasteiger partial charge is 0.325 e. The second kappa shape index (κ2) is 3.76. The molecular formula is C14H29N. The van der Waals surface area contributed by atoms with Gasteiger partial charge < -0.3 is 5.73 Å². The summed E-state index contributed by atoms with van der Waals surface area (Å²) in [6.07, 6.45) is 5.07. The van der Waals surface area contributed by atoms with Crippen LogP contribution in [0.15, 0.2) is 0 Å². The first-order chi connectivity index (χ1) is 6.69. The van der Waals surface area contributed by atoms with Crippen LogP contribution in [0.3, 0.4) is 0 Å². The van der Waals surface area contributed by atoms with Crippen molar-refractivity contribution in [2.75, 3.05) is 0 Å². The molecule has 1 rings (SSSR count). The Bertz CT molecular complexity index is 203. The molecule has 1 aliphatic carbocycles. The van der Waals surface area contributed by atoms with Crippen LogP contribution >= 0.6 is 0 Å². The van der Waals surface area contributed by atoms with Crippen molar-refractivity contribution in [3.63, 3.8) is 0 Å². The summed E-state index contributed by atoms with van der Waals surface area (Å²) in [5, 5.41) is 0. The molecule has 2 unspecified atom stereocenters. The van der Waals surface area contributed by atoms with Gasteiger partial charge in [-0.3, -0.25) is 0 Å². The molecule has 1 nitrogen and oxygen atoms in total. The van der Waals surface area contributed by atoms with Crippen LogP contribution in [0.1, 0.15) is 67.2 Å². The topological polar surface area (TPSA) is 26.0 Å². The Hall–Kier alpha value is -0.0400. The molecule has 0 aliphatic heterocycles. The lowest BCUT2D eigenvalue weighted by molar-refractivity contribution is -0.0265. The summed E-state index contributed by atoms with van der Waals surface area (Å²) < 4.78 is 0. The Labute approximate surface area is 95.8 Å². The summed E-state index contributed by atoms with van der Waals surface area (Å²) in [6.45, 7) is 14.0. The first-order valence-corrected chi connectivity index (χ1v) is 6.48. The standard InChI is InChI=1S/C14H29N/c1-7-14(8-2)9-12(4,5)11(3)13(6,15)10-14/h11H,7-10,15H2,1-6H3. The molecule has 0 aromatic heterocycles. The Morgan fingerprint density at radius 1 is 1.07 bits per heavy atom. The minimum Gasteiger partial charge on any atom is -0.325 e. The van der Waals surface area contributed by atoms with E-state index in [4.69, 9.17) is 5.73 Å². The summed E-state index contributed by atoms with van der Waals surface area (Å²) in [7, 11) is 0. The van der Waals surface area contributed by atoms with E-state index in [-0.39, 0.29) is 5.54 Å². The third-order valence-corrected chi connectivity index (χ3v) is 5.25. The number of nitrogens with two attached hydrogens (primary N) is 1. The lowest BCUT2D eigenvalue weighted by atomic mass is 9.51. The van der Waals surface area contributed by atoms with Crippen LogP contribution in [-0.4, -0.2) is 5.54 Å². The second-order valence-corrected chi connectivity index (χ2v) is 6.78. The van der Waals surface area contributed by atoms with E-state index in [0.29, 0.717) is 16.7 Å². The summed E-state index contributed by atoms with van der Waals surface area (Å²) >= 11 is 0. The van der Waals surface area contributed by atoms with Gasteiger partial charge in [0.1, 0.15) is 0 Å². The first kappa shape index (κ1) is 13.0. The van der Waals surface area contributed by atoms with Gasteiger partial charge in [-0.05, 0) is 36.5 Å². The zero-order valence-corrected chi connectivity index (χ0v) is 11.5. The monoisotopic (exact) mass is 211 g/mol. The van der Waals surface area contributed by atoms with E-state index in [9.17, 15) is 0 Å². The maximum Gasteiger partial charge on any atom is 0.0162 e. The molecule has 1 heteroatoms. The fourth-order valence-corrected chi connectivity index (χ4v) is 3.79. The van der Waals surface area contributed by atoms with Gasteiger partial charge in [-0.2, -0.15) is 0 Å². The summed E-state index contributed by atoms with van der Waals surface area (Å²) in [5.74, 6) is 0.608. The normalized spacial score (nSPS) is 39.0. The molecule has 1 fully saturated rings. The van der Waals surface area contributed by atoms with Crippen molar-refractivity contribution in [1.29, 1.82) is 0 Å². The van der Waals surface area contributed by atoms with Crippen molar-refractivity contribution >= 4 is 0 Å². The highest BCUT2D eigenvalue weighted by atomic mass is 14.8. The minimum atomic E-state index is 0.00771. The SMILES string of the molecule is CCC1(CC)CC(C)(C)C(C)C(C)(N)C1. The Balaban J connectivity index is 3.02. The Kier molecular flexibility index (Phi) is 3.27. The number of rotatable bonds is 2. The molecule has 1 aliphatic rings. The Morgan fingerprint density at radius 3 is 1.87 bits per heavy atom. The molecule has 2 N–H and O–H groups in total. The van der Waals surface area contributed by atoms with Crippen molar-refractivity contribution < 1.29 is 0 Å². The van der Waals surface area contributed by atoms with E-state index in [2.05, 4.69) is 41.5 Å². The van der Waals surface area contributed by atoms with Crippen LogP contribution in [0.4, 0.5) is 0 Å². The Morgan fingerprint density at radius 2 is 1.53 bits per heavy atom. The minimum absolute atomic E-state index is 0.00771. The lowest BCUT2D eigenvalue weighted by Gasteiger charge is -2.56. The predicted octanol–water partition coefficient (Wildman–Crippen LogP) is 3.97. The maximum absolute atomic E-state index is 6.52. The van der Waals surface area contributed by atoms with Crippen molar-refractivity contribution in [3.8, 4) is 0 Å². The quantitative estimate of drug-likeness (QED) is 0.735. The highest BCUT2D eigenvalue weighted by molar-refractivity contribution is 5.04. The fourth-order valence-electron chi connectivity index (χ4n) is 3.79. The van der Waals surface area contributed by atoms with E-state index < -0.39 is 0 Å². The van der Waals surface area contributed by atoms with Crippen molar-refractivity contribution in [2.45, 2.75) is 72.8 Å². The van der Waals surface area contributed by atoms with Gasteiger partial charge in [0.15, 0.2) is 0 Å². The molecule has 0 saturated heterocycles. The summed E-state index contributed by atoms with van der Waals surface area (Å²) in [6, 6.07) is 0. The highest BCUT2D eigenvalue weighted by Crippen LogP contribution is 2.55. The van der Waals surface area contributed by atoms with Crippen LogP contribution in [0, 0.1) is 16.7 Å². The zero-order valence-electron chi connectivity index (χ0n) is 11.5. The van der Waals surface area contributed by atoms with Crippen LogP contribution < -0.4 is 5.73 Å². The van der Waals surface area contributed by atoms with Crippen molar-refractivity contribution in [1.82, 2.24) is 0 Å². The van der Waals surface area contributed by atoms with Gasteiger partial charge in [0.25, 0.3) is 0 Å². The molecule has 1 saturated carbocycles. The number of hydrogen-bond acceptors (Lipinski definition) is 1. The average Bonchev–Trinajstić information content (AvgIpc) is 2.13. The van der Waals surface area contributed by atoms with Gasteiger partial charge in [0.2, 0.25) is 0 Å². The van der Waals surface area contributed by atoms with E-state index >= 15 is 0 Å². The van der Waals surface area contributed by atoms with E-state index in [1.165, 1.54) is 25.7 Å². The number of hydrogen-bond donors (Lipinski definition) is 1. The van der Waals surface area contributed by atoms with E-state index in [1.54, 1.807) is 0 Å². The van der Waals surface area contributed by atoms with Gasteiger partial charge in [-0.15, -0.1) is 0 Å². The van der Waals surface area contributed by atoms with Crippen LogP contribution in [0.25, 0.3) is 0 Å². The molecule has 0 radical (unpaired) electrons. The van der Waals surface area contributed by atoms with Gasteiger partial charge in [-0.25, -0.2) is 0 Å². The van der Waals surface area contributed by atoms with Crippen molar-refractivity contribution in [2.24, 2.45) is 22.5 Å². The van der Waals surface area contributed by atoms with E-state index in [1.807, 2.05) is 0 Å². The fraction of sp³-hybridized carbons (Fsp3) is 1.00. The summed E-state index contributed by atoms with van der Waals surface area (Å²) in [5.41, 5.74) is 7.40. The van der Waals surface area contributed by atoms with Crippen LogP contribution in [0.2, 0.25) is 0 Å². The summed E-state index contributed by atoms with van der Waals surface area (Å²) in [4.78, 5) is 0. The smallest absolute Gasteiger partial charge is 0.0162 e. The van der Waals surface area contributed by atoms with Crippen molar-refractivity contribution in [3.05, 3.63) is 0 Å². The van der Waals surface area contributed by atoms with Crippen LogP contribution in [-0.2, 0) is 0 Å². The highest BCUT2D eigenvalue weighted by Gasteiger charge is 2.50. The molecule has 0 amide bonds. The molecule has 0 heterocycles. The van der Waals surface area contributed by atoms with Crippen LogP contribution in [0.5, 0.6) is 0 Å². The third-order valence-electron chi connectivity index (χ3n) is 5.25. The van der Waals surface area contributed by atoms with Gasteiger partial charge >= 0.3 is 0 Å². The maximum atomic E-state index is 6.52. The van der Waals surface area contributed by atoms with Gasteiger partial charge in [0, 0.05) is 5.54 Å². The van der Waals surface area contributed by atoms with Gasteiger partial charge in [-0.1, -0.05) is 47.5 Å².